The Labute approximate surface area is 110 Å². The van der Waals surface area contributed by atoms with Crippen LogP contribution >= 0.6 is 0 Å². The zero-order valence-corrected chi connectivity index (χ0v) is 11.4. The second-order valence-electron chi connectivity index (χ2n) is 5.66. The van der Waals surface area contributed by atoms with Gasteiger partial charge in [-0.1, -0.05) is 44.5 Å². The first-order valence-electron chi connectivity index (χ1n) is 6.96. The molecular weight excluding hydrogens is 222 g/mol. The quantitative estimate of drug-likeness (QED) is 0.807. The van der Waals surface area contributed by atoms with E-state index in [-0.39, 0.29) is 5.78 Å². The lowest BCUT2D eigenvalue weighted by Crippen LogP contribution is -2.36. The summed E-state index contributed by atoms with van der Waals surface area (Å²) >= 11 is 0. The number of benzene rings is 1. The Morgan fingerprint density at radius 2 is 2.06 bits per heavy atom. The van der Waals surface area contributed by atoms with E-state index < -0.39 is 5.41 Å². The highest BCUT2D eigenvalue weighted by Gasteiger charge is 2.33. The van der Waals surface area contributed by atoms with E-state index in [9.17, 15) is 4.79 Å². The van der Waals surface area contributed by atoms with Crippen LogP contribution in [-0.2, 0) is 0 Å². The van der Waals surface area contributed by atoms with Gasteiger partial charge < -0.3 is 5.73 Å². The van der Waals surface area contributed by atoms with E-state index in [4.69, 9.17) is 5.73 Å². The average Bonchev–Trinajstić information content (AvgIpc) is 2.36. The zero-order valence-electron chi connectivity index (χ0n) is 11.4. The van der Waals surface area contributed by atoms with Crippen LogP contribution in [0.3, 0.4) is 0 Å². The molecule has 18 heavy (non-hydrogen) atoms. The Morgan fingerprint density at radius 1 is 1.39 bits per heavy atom. The maximum Gasteiger partial charge on any atom is 0.170 e. The highest BCUT2D eigenvalue weighted by atomic mass is 16.1. The van der Waals surface area contributed by atoms with Crippen LogP contribution in [0.25, 0.3) is 0 Å². The summed E-state index contributed by atoms with van der Waals surface area (Å²) < 4.78 is 0. The first-order valence-corrected chi connectivity index (χ1v) is 6.96. The molecule has 1 saturated carbocycles. The molecule has 1 aromatic carbocycles. The summed E-state index contributed by atoms with van der Waals surface area (Å²) in [7, 11) is 0. The standard InChI is InChI=1S/C16H23NO/c1-3-16(2,11-17)15(18)14-10-5-4-9-13(14)12-7-6-8-12/h4-5,9-10,12H,3,6-8,11,17H2,1-2H3. The number of carbonyl (C=O) groups is 1. The Balaban J connectivity index is 2.35. The van der Waals surface area contributed by atoms with E-state index in [1.165, 1.54) is 24.8 Å². The SMILES string of the molecule is CCC(C)(CN)C(=O)c1ccccc1C1CCC1. The molecule has 1 unspecified atom stereocenters. The van der Waals surface area contributed by atoms with E-state index in [1.807, 2.05) is 32.0 Å². The van der Waals surface area contributed by atoms with Crippen LogP contribution in [0.2, 0.25) is 0 Å². The minimum absolute atomic E-state index is 0.218. The fourth-order valence-electron chi connectivity index (χ4n) is 2.50. The molecule has 2 heteroatoms. The molecule has 0 radical (unpaired) electrons. The third-order valence-corrected chi connectivity index (χ3v) is 4.53. The second kappa shape index (κ2) is 5.23. The molecular formula is C16H23NO. The highest BCUT2D eigenvalue weighted by molar-refractivity contribution is 6.01. The number of ketones is 1. The molecule has 1 fully saturated rings. The molecule has 98 valence electrons. The second-order valence-corrected chi connectivity index (χ2v) is 5.66. The molecule has 0 aromatic heterocycles. The van der Waals surface area contributed by atoms with Crippen LogP contribution in [0.5, 0.6) is 0 Å². The lowest BCUT2D eigenvalue weighted by atomic mass is 9.73. The fourth-order valence-corrected chi connectivity index (χ4v) is 2.50. The number of rotatable bonds is 5. The van der Waals surface area contributed by atoms with Gasteiger partial charge >= 0.3 is 0 Å². The number of hydrogen-bond donors (Lipinski definition) is 1. The first-order chi connectivity index (χ1) is 8.62. The van der Waals surface area contributed by atoms with Crippen molar-refractivity contribution in [2.45, 2.75) is 45.4 Å². The molecule has 0 bridgehead atoms. The monoisotopic (exact) mass is 245 g/mol. The van der Waals surface area contributed by atoms with Gasteiger partial charge in [-0.2, -0.15) is 0 Å². The summed E-state index contributed by atoms with van der Waals surface area (Å²) in [5.74, 6) is 0.805. The van der Waals surface area contributed by atoms with Crippen molar-refractivity contribution in [3.63, 3.8) is 0 Å². The maximum atomic E-state index is 12.7. The van der Waals surface area contributed by atoms with Crippen molar-refractivity contribution < 1.29 is 4.79 Å². The predicted molar refractivity (Wildman–Crippen MR) is 74.8 cm³/mol. The van der Waals surface area contributed by atoms with Crippen molar-refractivity contribution in [1.82, 2.24) is 0 Å². The third-order valence-electron chi connectivity index (χ3n) is 4.53. The summed E-state index contributed by atoms with van der Waals surface area (Å²) in [6.45, 7) is 4.44. The Kier molecular flexibility index (Phi) is 3.86. The van der Waals surface area contributed by atoms with Gasteiger partial charge in [0.1, 0.15) is 0 Å². The minimum atomic E-state index is -0.417. The van der Waals surface area contributed by atoms with Gasteiger partial charge in [-0.25, -0.2) is 0 Å². The summed E-state index contributed by atoms with van der Waals surface area (Å²) in [5.41, 5.74) is 7.53. The van der Waals surface area contributed by atoms with Gasteiger partial charge in [0.05, 0.1) is 0 Å². The van der Waals surface area contributed by atoms with E-state index >= 15 is 0 Å². The molecule has 0 heterocycles. The minimum Gasteiger partial charge on any atom is -0.329 e. The topological polar surface area (TPSA) is 43.1 Å². The molecule has 0 aliphatic heterocycles. The molecule has 0 spiro atoms. The molecule has 1 atom stereocenters. The predicted octanol–water partition coefficient (Wildman–Crippen LogP) is 3.51. The highest BCUT2D eigenvalue weighted by Crippen LogP contribution is 2.39. The van der Waals surface area contributed by atoms with Gasteiger partial charge in [0.2, 0.25) is 0 Å². The average molecular weight is 245 g/mol. The lowest BCUT2D eigenvalue weighted by Gasteiger charge is -2.31. The van der Waals surface area contributed by atoms with Crippen LogP contribution in [0.4, 0.5) is 0 Å². The van der Waals surface area contributed by atoms with E-state index in [1.54, 1.807) is 0 Å². The normalized spacial score (nSPS) is 19.1. The van der Waals surface area contributed by atoms with Crippen molar-refractivity contribution in [3.8, 4) is 0 Å². The van der Waals surface area contributed by atoms with Crippen molar-refractivity contribution >= 4 is 5.78 Å². The van der Waals surface area contributed by atoms with Gasteiger partial charge in [0.15, 0.2) is 5.78 Å². The van der Waals surface area contributed by atoms with Crippen molar-refractivity contribution in [2.24, 2.45) is 11.1 Å². The first kappa shape index (κ1) is 13.3. The largest absolute Gasteiger partial charge is 0.329 e. The Bertz CT molecular complexity index is 430. The van der Waals surface area contributed by atoms with Crippen LogP contribution in [0.15, 0.2) is 24.3 Å². The van der Waals surface area contributed by atoms with Crippen LogP contribution in [0.1, 0.15) is 61.4 Å². The van der Waals surface area contributed by atoms with Crippen LogP contribution in [-0.4, -0.2) is 12.3 Å². The number of hydrogen-bond acceptors (Lipinski definition) is 2. The molecule has 2 N–H and O–H groups in total. The summed E-state index contributed by atoms with van der Waals surface area (Å²) in [4.78, 5) is 12.7. The summed E-state index contributed by atoms with van der Waals surface area (Å²) in [6, 6.07) is 8.08. The van der Waals surface area contributed by atoms with Gasteiger partial charge in [-0.15, -0.1) is 0 Å². The molecule has 0 saturated heterocycles. The molecule has 2 rings (SSSR count). The molecule has 1 aliphatic rings. The van der Waals surface area contributed by atoms with E-state index in [0.717, 1.165) is 12.0 Å². The van der Waals surface area contributed by atoms with Gasteiger partial charge in [0.25, 0.3) is 0 Å². The summed E-state index contributed by atoms with van der Waals surface area (Å²) in [6.07, 6.45) is 4.52. The maximum absolute atomic E-state index is 12.7. The van der Waals surface area contributed by atoms with Gasteiger partial charge in [-0.05, 0) is 30.7 Å². The fraction of sp³-hybridized carbons (Fsp3) is 0.562. The smallest absolute Gasteiger partial charge is 0.170 e. The number of Topliss-reactive ketones (excluding diaryl/α,β-unsaturated/α-hetero) is 1. The van der Waals surface area contributed by atoms with Crippen LogP contribution in [0, 0.1) is 5.41 Å². The lowest BCUT2D eigenvalue weighted by molar-refractivity contribution is 0.0818. The van der Waals surface area contributed by atoms with Gasteiger partial charge in [-0.3, -0.25) is 4.79 Å². The molecule has 1 aliphatic carbocycles. The van der Waals surface area contributed by atoms with E-state index in [0.29, 0.717) is 12.5 Å². The number of nitrogens with two attached hydrogens (primary N) is 1. The van der Waals surface area contributed by atoms with Crippen molar-refractivity contribution in [3.05, 3.63) is 35.4 Å². The summed E-state index contributed by atoms with van der Waals surface area (Å²) in [5, 5.41) is 0. The van der Waals surface area contributed by atoms with Crippen molar-refractivity contribution in [2.75, 3.05) is 6.54 Å². The van der Waals surface area contributed by atoms with Gasteiger partial charge in [0, 0.05) is 17.5 Å². The van der Waals surface area contributed by atoms with Crippen LogP contribution < -0.4 is 5.73 Å². The Morgan fingerprint density at radius 3 is 2.56 bits per heavy atom. The van der Waals surface area contributed by atoms with E-state index in [2.05, 4.69) is 6.07 Å². The Hall–Kier alpha value is -1.15. The zero-order chi connectivity index (χ0) is 13.2. The number of carbonyl (C=O) groups excluding carboxylic acids is 1. The molecule has 0 amide bonds. The third kappa shape index (κ3) is 2.22. The van der Waals surface area contributed by atoms with Crippen molar-refractivity contribution in [1.29, 1.82) is 0 Å². The molecule has 1 aromatic rings. The molecule has 2 nitrogen and oxygen atoms in total.